The summed E-state index contributed by atoms with van der Waals surface area (Å²) < 4.78 is 7.49. The lowest BCUT2D eigenvalue weighted by Gasteiger charge is -2.12. The quantitative estimate of drug-likeness (QED) is 0.166. The number of nitriles is 1. The molecule has 0 aliphatic rings. The number of nitrogens with zero attached hydrogens (tertiary/aromatic N) is 1. The Kier molecular flexibility index (Phi) is 8.82. The number of aryl methyl sites for hydroxylation is 1. The van der Waals surface area contributed by atoms with E-state index in [4.69, 9.17) is 27.9 Å². The van der Waals surface area contributed by atoms with Crippen LogP contribution in [0.3, 0.4) is 0 Å². The third-order valence-electron chi connectivity index (χ3n) is 4.92. The number of benzene rings is 3. The Morgan fingerprint density at radius 3 is 2.61 bits per heavy atom. The van der Waals surface area contributed by atoms with Gasteiger partial charge in [-0.3, -0.25) is 4.79 Å². The predicted octanol–water partition coefficient (Wildman–Crippen LogP) is 8.10. The number of ether oxygens (including phenoxy) is 1. The number of nitrogens with one attached hydrogen (secondary N) is 1. The van der Waals surface area contributed by atoms with Gasteiger partial charge in [-0.15, -0.1) is 0 Å². The van der Waals surface area contributed by atoms with E-state index in [9.17, 15) is 10.1 Å². The van der Waals surface area contributed by atoms with Crippen molar-refractivity contribution < 1.29 is 9.53 Å². The van der Waals surface area contributed by atoms with Gasteiger partial charge in [-0.2, -0.15) is 5.26 Å². The minimum absolute atomic E-state index is 0.00285. The monoisotopic (exact) mass is 654 g/mol. The van der Waals surface area contributed by atoms with E-state index in [0.29, 0.717) is 38.1 Å². The van der Waals surface area contributed by atoms with Gasteiger partial charge in [-0.05, 0) is 111 Å². The van der Waals surface area contributed by atoms with Gasteiger partial charge in [0.2, 0.25) is 0 Å². The van der Waals surface area contributed by atoms with Crippen molar-refractivity contribution in [1.29, 1.82) is 5.26 Å². The number of carbonyl (C=O) groups is 1. The van der Waals surface area contributed by atoms with Gasteiger partial charge in [-0.25, -0.2) is 0 Å². The number of hydrogen-bond donors (Lipinski definition) is 1. The summed E-state index contributed by atoms with van der Waals surface area (Å²) in [6.07, 6.45) is 1.55. The summed E-state index contributed by atoms with van der Waals surface area (Å²) in [6.45, 7) is 4.20. The van der Waals surface area contributed by atoms with Crippen LogP contribution >= 0.6 is 61.7 Å². The maximum absolute atomic E-state index is 12.7. The minimum atomic E-state index is -0.461. The van der Waals surface area contributed by atoms with Crippen molar-refractivity contribution in [2.24, 2.45) is 0 Å². The average molecular weight is 656 g/mol. The van der Waals surface area contributed by atoms with Gasteiger partial charge in [0.1, 0.15) is 24.0 Å². The van der Waals surface area contributed by atoms with E-state index in [-0.39, 0.29) is 5.57 Å². The number of rotatable bonds is 6. The van der Waals surface area contributed by atoms with Crippen molar-refractivity contribution in [3.05, 3.63) is 94.4 Å². The smallest absolute Gasteiger partial charge is 0.266 e. The van der Waals surface area contributed by atoms with Gasteiger partial charge < -0.3 is 10.1 Å². The molecule has 8 heteroatoms. The van der Waals surface area contributed by atoms with Crippen molar-refractivity contribution >= 4 is 79.4 Å². The topological polar surface area (TPSA) is 62.1 Å². The normalized spacial score (nSPS) is 11.1. The summed E-state index contributed by atoms with van der Waals surface area (Å²) in [5.41, 5.74) is 4.28. The van der Waals surface area contributed by atoms with E-state index >= 15 is 0 Å². The highest BCUT2D eigenvalue weighted by atomic mass is 127. The summed E-state index contributed by atoms with van der Waals surface area (Å²) in [6, 6.07) is 16.6. The van der Waals surface area contributed by atoms with Crippen LogP contribution < -0.4 is 10.1 Å². The molecule has 1 N–H and O–H groups in total. The van der Waals surface area contributed by atoms with Gasteiger partial charge >= 0.3 is 0 Å². The number of amides is 1. The van der Waals surface area contributed by atoms with Crippen LogP contribution in [0.5, 0.6) is 5.75 Å². The van der Waals surface area contributed by atoms with Crippen molar-refractivity contribution in [1.82, 2.24) is 0 Å². The Bertz CT molecular complexity index is 1280. The Morgan fingerprint density at radius 1 is 1.18 bits per heavy atom. The van der Waals surface area contributed by atoms with Crippen molar-refractivity contribution in [3.8, 4) is 11.8 Å². The molecule has 33 heavy (non-hydrogen) atoms. The number of hydrogen-bond acceptors (Lipinski definition) is 3. The fourth-order valence-corrected chi connectivity index (χ4v) is 5.07. The second-order valence-electron chi connectivity index (χ2n) is 7.22. The summed E-state index contributed by atoms with van der Waals surface area (Å²) in [5.74, 6) is 0.189. The third-order valence-corrected chi connectivity index (χ3v) is 7.05. The van der Waals surface area contributed by atoms with Crippen molar-refractivity contribution in [3.63, 3.8) is 0 Å². The molecule has 4 nitrogen and oxygen atoms in total. The van der Waals surface area contributed by atoms with Gasteiger partial charge in [0.05, 0.1) is 18.1 Å². The van der Waals surface area contributed by atoms with E-state index < -0.39 is 5.91 Å². The Hall–Kier alpha value is -2.05. The maximum Gasteiger partial charge on any atom is 0.266 e. The third kappa shape index (κ3) is 6.51. The molecule has 168 valence electrons. The maximum atomic E-state index is 12.7. The van der Waals surface area contributed by atoms with E-state index in [1.54, 1.807) is 24.3 Å². The van der Waals surface area contributed by atoms with E-state index in [2.05, 4.69) is 43.8 Å². The fourth-order valence-electron chi connectivity index (χ4n) is 2.98. The molecule has 0 saturated carbocycles. The molecule has 0 bridgehead atoms. The molecular formula is C25H18BrCl2IN2O2. The summed E-state index contributed by atoms with van der Waals surface area (Å²) in [7, 11) is 0. The Balaban J connectivity index is 1.79. The zero-order valence-corrected chi connectivity index (χ0v) is 22.9. The summed E-state index contributed by atoms with van der Waals surface area (Å²) in [5, 5.41) is 13.3. The van der Waals surface area contributed by atoms with Crippen LogP contribution in [0.1, 0.15) is 22.3 Å². The molecule has 0 aliphatic heterocycles. The van der Waals surface area contributed by atoms with Gasteiger partial charge in [0.15, 0.2) is 0 Å². The van der Waals surface area contributed by atoms with Gasteiger partial charge in [-0.1, -0.05) is 41.4 Å². The first-order valence-corrected chi connectivity index (χ1v) is 12.4. The van der Waals surface area contributed by atoms with E-state index in [1.807, 2.05) is 50.2 Å². The lowest BCUT2D eigenvalue weighted by molar-refractivity contribution is -0.112. The fraction of sp³-hybridized carbons (Fsp3) is 0.120. The molecule has 0 saturated heterocycles. The van der Waals surface area contributed by atoms with Crippen LogP contribution in [0.2, 0.25) is 10.0 Å². The highest BCUT2D eigenvalue weighted by Crippen LogP contribution is 2.34. The standard InChI is InChI=1S/C25H18BrCl2IN2O2/c1-14-4-3-5-23(15(14)2)31-25(32)18(12-30)8-17-9-19(26)24(22(29)11-17)33-13-16-6-7-20(27)21(28)10-16/h3-11H,13H2,1-2H3,(H,31,32)/b18-8+. The van der Waals surface area contributed by atoms with Gasteiger partial charge in [0.25, 0.3) is 5.91 Å². The lowest BCUT2D eigenvalue weighted by atomic mass is 10.1. The molecule has 1 amide bonds. The first-order chi connectivity index (χ1) is 15.7. The average Bonchev–Trinajstić information content (AvgIpc) is 2.77. The molecule has 0 radical (unpaired) electrons. The van der Waals surface area contributed by atoms with Crippen molar-refractivity contribution in [2.75, 3.05) is 5.32 Å². The molecule has 3 aromatic rings. The molecule has 0 fully saturated rings. The molecular weight excluding hydrogens is 638 g/mol. The summed E-state index contributed by atoms with van der Waals surface area (Å²) >= 11 is 17.7. The highest BCUT2D eigenvalue weighted by Gasteiger charge is 2.14. The van der Waals surface area contributed by atoms with E-state index in [0.717, 1.165) is 20.3 Å². The van der Waals surface area contributed by atoms with Crippen LogP contribution in [-0.4, -0.2) is 5.91 Å². The largest absolute Gasteiger partial charge is 0.487 e. The van der Waals surface area contributed by atoms with Crippen LogP contribution in [0.15, 0.2) is 58.6 Å². The zero-order chi connectivity index (χ0) is 24.1. The molecule has 0 spiro atoms. The predicted molar refractivity (Wildman–Crippen MR) is 146 cm³/mol. The summed E-state index contributed by atoms with van der Waals surface area (Å²) in [4.78, 5) is 12.7. The van der Waals surface area contributed by atoms with Gasteiger partial charge in [0, 0.05) is 5.69 Å². The second-order valence-corrected chi connectivity index (χ2v) is 10.1. The van der Waals surface area contributed by atoms with Crippen LogP contribution in [0.4, 0.5) is 5.69 Å². The molecule has 0 aliphatic carbocycles. The van der Waals surface area contributed by atoms with Crippen LogP contribution in [0.25, 0.3) is 6.08 Å². The molecule has 0 unspecified atom stereocenters. The number of anilines is 1. The molecule has 3 rings (SSSR count). The highest BCUT2D eigenvalue weighted by molar-refractivity contribution is 14.1. The lowest BCUT2D eigenvalue weighted by Crippen LogP contribution is -2.14. The minimum Gasteiger partial charge on any atom is -0.487 e. The van der Waals surface area contributed by atoms with E-state index in [1.165, 1.54) is 0 Å². The Morgan fingerprint density at radius 2 is 1.94 bits per heavy atom. The first-order valence-electron chi connectivity index (χ1n) is 9.74. The number of carbonyl (C=O) groups excluding carboxylic acids is 1. The zero-order valence-electron chi connectivity index (χ0n) is 17.7. The van der Waals surface area contributed by atoms with Crippen LogP contribution in [0, 0.1) is 28.7 Å². The second kappa shape index (κ2) is 11.4. The molecule has 0 aromatic heterocycles. The number of halogens is 4. The molecule has 0 heterocycles. The SMILES string of the molecule is Cc1cccc(NC(=O)/C(C#N)=C/c2cc(Br)c(OCc3ccc(Cl)c(Cl)c3)c(I)c2)c1C. The van der Waals surface area contributed by atoms with Crippen molar-refractivity contribution in [2.45, 2.75) is 20.5 Å². The molecule has 0 atom stereocenters. The van der Waals surface area contributed by atoms with Crippen LogP contribution in [-0.2, 0) is 11.4 Å². The molecule has 3 aromatic carbocycles. The Labute approximate surface area is 224 Å². The first kappa shape index (κ1) is 25.6.